The Morgan fingerprint density at radius 3 is 2.58 bits per heavy atom. The quantitative estimate of drug-likeness (QED) is 0.403. The first kappa shape index (κ1) is 21.0. The third kappa shape index (κ3) is 6.84. The van der Waals surface area contributed by atoms with Gasteiger partial charge in [-0.05, 0) is 31.0 Å². The minimum Gasteiger partial charge on any atom is -0.356 e. The van der Waals surface area contributed by atoms with E-state index in [9.17, 15) is 8.42 Å². The number of sulfonamides is 1. The van der Waals surface area contributed by atoms with Gasteiger partial charge in [-0.1, -0.05) is 29.3 Å². The van der Waals surface area contributed by atoms with Crippen molar-refractivity contribution < 1.29 is 8.42 Å². The lowest BCUT2D eigenvalue weighted by Gasteiger charge is -2.17. The highest BCUT2D eigenvalue weighted by Crippen LogP contribution is 2.20. The molecular formula is C15H24Cl2N4O2S. The number of halogens is 2. The van der Waals surface area contributed by atoms with Gasteiger partial charge in [0.1, 0.15) is 0 Å². The van der Waals surface area contributed by atoms with Gasteiger partial charge in [-0.25, -0.2) is 12.7 Å². The molecular weight excluding hydrogens is 371 g/mol. The molecule has 0 radical (unpaired) electrons. The van der Waals surface area contributed by atoms with E-state index in [0.29, 0.717) is 42.1 Å². The van der Waals surface area contributed by atoms with Crippen molar-refractivity contribution in [3.8, 4) is 0 Å². The number of guanidine groups is 1. The van der Waals surface area contributed by atoms with Gasteiger partial charge in [0.25, 0.3) is 0 Å². The molecule has 6 nitrogen and oxygen atoms in total. The van der Waals surface area contributed by atoms with E-state index in [1.807, 2.05) is 6.07 Å². The molecule has 0 heterocycles. The number of hydrogen-bond acceptors (Lipinski definition) is 3. The molecule has 9 heteroatoms. The Labute approximate surface area is 154 Å². The Bertz CT molecular complexity index is 665. The smallest absolute Gasteiger partial charge is 0.213 e. The van der Waals surface area contributed by atoms with Crippen LogP contribution in [0.1, 0.15) is 18.9 Å². The SMILES string of the molecule is CCS(=O)(=O)N(C)CCCNC(=NC)NCc1ccc(Cl)cc1Cl. The number of benzene rings is 1. The fourth-order valence-corrected chi connectivity index (χ4v) is 3.26. The molecule has 0 unspecified atom stereocenters. The zero-order valence-corrected chi connectivity index (χ0v) is 16.5. The summed E-state index contributed by atoms with van der Waals surface area (Å²) in [5.41, 5.74) is 0.915. The molecule has 24 heavy (non-hydrogen) atoms. The number of aliphatic imine (C=N–C) groups is 1. The van der Waals surface area contributed by atoms with Crippen LogP contribution in [0, 0.1) is 0 Å². The van der Waals surface area contributed by atoms with Crippen molar-refractivity contribution in [3.63, 3.8) is 0 Å². The summed E-state index contributed by atoms with van der Waals surface area (Å²) in [4.78, 5) is 4.13. The van der Waals surface area contributed by atoms with E-state index >= 15 is 0 Å². The van der Waals surface area contributed by atoms with E-state index in [0.717, 1.165) is 5.56 Å². The van der Waals surface area contributed by atoms with Gasteiger partial charge in [0.15, 0.2) is 5.96 Å². The summed E-state index contributed by atoms with van der Waals surface area (Å²) in [6.07, 6.45) is 0.679. The molecule has 0 aromatic heterocycles. The Kier molecular flexibility index (Phi) is 8.83. The molecule has 0 spiro atoms. The van der Waals surface area contributed by atoms with E-state index in [-0.39, 0.29) is 5.75 Å². The van der Waals surface area contributed by atoms with E-state index in [4.69, 9.17) is 23.2 Å². The molecule has 0 bridgehead atoms. The first-order chi connectivity index (χ1) is 11.3. The molecule has 0 aliphatic carbocycles. The molecule has 0 aliphatic heterocycles. The van der Waals surface area contributed by atoms with Gasteiger partial charge in [0.2, 0.25) is 10.0 Å². The standard InChI is InChI=1S/C15H24Cl2N4O2S/c1-4-24(22,23)21(3)9-5-8-19-15(18-2)20-11-12-6-7-13(16)10-14(12)17/h6-7,10H,4-5,8-9,11H2,1-3H3,(H2,18,19,20). The van der Waals surface area contributed by atoms with Crippen molar-refractivity contribution in [1.82, 2.24) is 14.9 Å². The summed E-state index contributed by atoms with van der Waals surface area (Å²) >= 11 is 12.0. The lowest BCUT2D eigenvalue weighted by Crippen LogP contribution is -2.38. The zero-order chi connectivity index (χ0) is 18.2. The normalized spacial score (nSPS) is 12.5. The number of rotatable bonds is 8. The second-order valence-electron chi connectivity index (χ2n) is 5.16. The second kappa shape index (κ2) is 10.1. The Balaban J connectivity index is 2.38. The van der Waals surface area contributed by atoms with Crippen LogP contribution in [0.5, 0.6) is 0 Å². The molecule has 0 saturated heterocycles. The van der Waals surface area contributed by atoms with Crippen molar-refractivity contribution in [3.05, 3.63) is 33.8 Å². The first-order valence-electron chi connectivity index (χ1n) is 7.62. The van der Waals surface area contributed by atoms with Gasteiger partial charge in [-0.2, -0.15) is 0 Å². The van der Waals surface area contributed by atoms with Gasteiger partial charge in [0, 0.05) is 43.8 Å². The van der Waals surface area contributed by atoms with Gasteiger partial charge in [-0.15, -0.1) is 0 Å². The van der Waals surface area contributed by atoms with E-state index in [1.54, 1.807) is 33.2 Å². The van der Waals surface area contributed by atoms with Crippen LogP contribution in [0.25, 0.3) is 0 Å². The van der Waals surface area contributed by atoms with Crippen molar-refractivity contribution in [2.45, 2.75) is 19.9 Å². The Morgan fingerprint density at radius 2 is 2.00 bits per heavy atom. The first-order valence-corrected chi connectivity index (χ1v) is 9.99. The largest absolute Gasteiger partial charge is 0.356 e. The predicted octanol–water partition coefficient (Wildman–Crippen LogP) is 2.33. The molecule has 2 N–H and O–H groups in total. The topological polar surface area (TPSA) is 73.8 Å². The van der Waals surface area contributed by atoms with Crippen molar-refractivity contribution >= 4 is 39.2 Å². The number of nitrogens with one attached hydrogen (secondary N) is 2. The van der Waals surface area contributed by atoms with Crippen molar-refractivity contribution in [2.24, 2.45) is 4.99 Å². The summed E-state index contributed by atoms with van der Waals surface area (Å²) in [6.45, 7) is 3.22. The van der Waals surface area contributed by atoms with Crippen LogP contribution in [0.2, 0.25) is 10.0 Å². The van der Waals surface area contributed by atoms with Gasteiger partial charge in [-0.3, -0.25) is 4.99 Å². The third-order valence-corrected chi connectivity index (χ3v) is 5.92. The van der Waals surface area contributed by atoms with E-state index in [2.05, 4.69) is 15.6 Å². The van der Waals surface area contributed by atoms with E-state index < -0.39 is 10.0 Å². The monoisotopic (exact) mass is 394 g/mol. The van der Waals surface area contributed by atoms with Crippen molar-refractivity contribution in [2.75, 3.05) is 32.9 Å². The van der Waals surface area contributed by atoms with Crippen LogP contribution < -0.4 is 10.6 Å². The summed E-state index contributed by atoms with van der Waals surface area (Å²) < 4.78 is 24.7. The summed E-state index contributed by atoms with van der Waals surface area (Å²) in [5.74, 6) is 0.740. The summed E-state index contributed by atoms with van der Waals surface area (Å²) in [6, 6.07) is 5.33. The summed E-state index contributed by atoms with van der Waals surface area (Å²) in [7, 11) is 0.140. The predicted molar refractivity (Wildman–Crippen MR) is 101 cm³/mol. The molecule has 1 rings (SSSR count). The van der Waals surface area contributed by atoms with Crippen LogP contribution in [0.3, 0.4) is 0 Å². The van der Waals surface area contributed by atoms with Crippen LogP contribution in [0.15, 0.2) is 23.2 Å². The molecule has 136 valence electrons. The van der Waals surface area contributed by atoms with E-state index in [1.165, 1.54) is 4.31 Å². The minimum absolute atomic E-state index is 0.113. The van der Waals surface area contributed by atoms with Gasteiger partial charge in [0.05, 0.1) is 5.75 Å². The molecule has 1 aromatic rings. The minimum atomic E-state index is -3.12. The third-order valence-electron chi connectivity index (χ3n) is 3.47. The van der Waals surface area contributed by atoms with Crippen LogP contribution in [0.4, 0.5) is 0 Å². The molecule has 0 saturated carbocycles. The highest BCUT2D eigenvalue weighted by molar-refractivity contribution is 7.89. The highest BCUT2D eigenvalue weighted by atomic mass is 35.5. The van der Waals surface area contributed by atoms with Crippen LogP contribution in [-0.4, -0.2) is 51.6 Å². The van der Waals surface area contributed by atoms with Gasteiger partial charge >= 0.3 is 0 Å². The molecule has 1 aromatic carbocycles. The fraction of sp³-hybridized carbons (Fsp3) is 0.533. The molecule has 0 fully saturated rings. The maximum absolute atomic E-state index is 11.6. The molecule has 0 amide bonds. The van der Waals surface area contributed by atoms with Crippen molar-refractivity contribution in [1.29, 1.82) is 0 Å². The average molecular weight is 395 g/mol. The number of nitrogens with zero attached hydrogens (tertiary/aromatic N) is 2. The maximum atomic E-state index is 11.6. The zero-order valence-electron chi connectivity index (χ0n) is 14.1. The highest BCUT2D eigenvalue weighted by Gasteiger charge is 2.13. The van der Waals surface area contributed by atoms with Crippen LogP contribution >= 0.6 is 23.2 Å². The molecule has 0 aliphatic rings. The van der Waals surface area contributed by atoms with Gasteiger partial charge < -0.3 is 10.6 Å². The second-order valence-corrected chi connectivity index (χ2v) is 8.37. The molecule has 0 atom stereocenters. The Hall–Kier alpha value is -1.02. The van der Waals surface area contributed by atoms with Crippen LogP contribution in [-0.2, 0) is 16.6 Å². The number of hydrogen-bond donors (Lipinski definition) is 2. The maximum Gasteiger partial charge on any atom is 0.213 e. The fourth-order valence-electron chi connectivity index (χ4n) is 1.93. The lowest BCUT2D eigenvalue weighted by molar-refractivity contribution is 0.461. The Morgan fingerprint density at radius 1 is 1.29 bits per heavy atom. The lowest BCUT2D eigenvalue weighted by atomic mass is 10.2. The average Bonchev–Trinajstić information content (AvgIpc) is 2.55. The summed E-state index contributed by atoms with van der Waals surface area (Å²) in [5, 5.41) is 7.49.